The minimum absolute atomic E-state index is 0.00327. The van der Waals surface area contributed by atoms with E-state index < -0.39 is 77.2 Å². The summed E-state index contributed by atoms with van der Waals surface area (Å²) in [4.78, 5) is 86.3. The summed E-state index contributed by atoms with van der Waals surface area (Å²) in [5.74, 6) is -4.16. The number of aliphatic hydroxyl groups excluding tert-OH is 1. The fraction of sp³-hybridized carbons (Fsp3) is 0.588. The van der Waals surface area contributed by atoms with Gasteiger partial charge in [0.05, 0.1) is 38.1 Å². The monoisotopic (exact) mass is 1000 g/mol. The van der Waals surface area contributed by atoms with Crippen molar-refractivity contribution in [1.29, 1.82) is 0 Å². The van der Waals surface area contributed by atoms with Crippen molar-refractivity contribution in [2.75, 3.05) is 60.2 Å². The molecule has 20 heteroatoms. The molecule has 0 aliphatic carbocycles. The zero-order valence-corrected chi connectivity index (χ0v) is 43.7. The molecular weight excluding hydrogens is 923 g/mol. The van der Waals surface area contributed by atoms with E-state index in [1.807, 2.05) is 32.0 Å². The number of hydrogen-bond donors (Lipinski definition) is 5. The maximum Gasteiger partial charge on any atom is 0.410 e. The van der Waals surface area contributed by atoms with Gasteiger partial charge in [-0.3, -0.25) is 19.3 Å². The number of rotatable bonds is 25. The molecule has 1 saturated heterocycles. The van der Waals surface area contributed by atoms with Crippen molar-refractivity contribution >= 4 is 42.5 Å². The van der Waals surface area contributed by atoms with Crippen LogP contribution in [0.15, 0.2) is 65.3 Å². The molecule has 0 radical (unpaired) electrons. The maximum absolute atomic E-state index is 14.6. The number of carboxylic acid groups (broad SMARTS) is 2. The first-order chi connectivity index (χ1) is 33.5. The smallest absolute Gasteiger partial charge is 0.410 e. The van der Waals surface area contributed by atoms with Gasteiger partial charge < -0.3 is 59.4 Å². The quantitative estimate of drug-likeness (QED) is 0.0341. The van der Waals surface area contributed by atoms with E-state index in [9.17, 15) is 44.1 Å². The number of ether oxygens (including phenoxy) is 5. The lowest BCUT2D eigenvalue weighted by Gasteiger charge is -2.41. The number of carbonyl (C=O) groups excluding carboxylic acids is 4. The summed E-state index contributed by atoms with van der Waals surface area (Å²) in [6.45, 7) is 22.6. The fourth-order valence-corrected chi connectivity index (χ4v) is 6.91. The van der Waals surface area contributed by atoms with Crippen molar-refractivity contribution in [3.63, 3.8) is 0 Å². The number of oxime groups is 1. The topological polar surface area (TPSA) is 261 Å². The van der Waals surface area contributed by atoms with Crippen LogP contribution in [-0.2, 0) is 55.0 Å². The highest BCUT2D eigenvalue weighted by Crippen LogP contribution is 2.32. The van der Waals surface area contributed by atoms with Gasteiger partial charge in [-0.15, -0.1) is 5.16 Å². The Labute approximate surface area is 419 Å². The van der Waals surface area contributed by atoms with Crippen molar-refractivity contribution in [2.45, 2.75) is 131 Å². The molecular formula is C51H79N5O15. The van der Waals surface area contributed by atoms with Crippen molar-refractivity contribution < 1.29 is 72.6 Å². The van der Waals surface area contributed by atoms with Gasteiger partial charge in [0, 0.05) is 57.7 Å². The molecule has 0 bridgehead atoms. The van der Waals surface area contributed by atoms with Gasteiger partial charge in [0.15, 0.2) is 6.10 Å². The molecule has 71 heavy (non-hydrogen) atoms. The number of aliphatic hydroxyl groups is 1. The van der Waals surface area contributed by atoms with Crippen LogP contribution in [-0.4, -0.2) is 158 Å². The zero-order valence-electron chi connectivity index (χ0n) is 43.7. The van der Waals surface area contributed by atoms with Crippen LogP contribution >= 0.6 is 0 Å². The van der Waals surface area contributed by atoms with Crippen LogP contribution in [0.3, 0.4) is 0 Å². The van der Waals surface area contributed by atoms with Crippen LogP contribution in [0.5, 0.6) is 5.75 Å². The third kappa shape index (κ3) is 21.4. The van der Waals surface area contributed by atoms with Crippen LogP contribution in [0.25, 0.3) is 0 Å². The Bertz CT molecular complexity index is 2020. The molecule has 5 atom stereocenters. The number of amides is 4. The number of carbonyl (C=O) groups is 6. The minimum Gasteiger partial charge on any atom is -0.479 e. The molecule has 5 N–H and O–H groups in total. The van der Waals surface area contributed by atoms with E-state index in [2.05, 4.69) is 36.4 Å². The van der Waals surface area contributed by atoms with Gasteiger partial charge in [0.25, 0.3) is 5.91 Å². The van der Waals surface area contributed by atoms with Crippen molar-refractivity contribution in [1.82, 2.24) is 20.4 Å². The van der Waals surface area contributed by atoms with Crippen LogP contribution in [0.4, 0.5) is 4.79 Å². The highest BCUT2D eigenvalue weighted by atomic mass is 16.7. The Morgan fingerprint density at radius 2 is 1.52 bits per heavy atom. The molecule has 0 saturated carbocycles. The maximum atomic E-state index is 14.6. The first-order valence-electron chi connectivity index (χ1n) is 23.8. The van der Waals surface area contributed by atoms with Crippen LogP contribution in [0.2, 0.25) is 0 Å². The summed E-state index contributed by atoms with van der Waals surface area (Å²) in [6.07, 6.45) is -2.06. The van der Waals surface area contributed by atoms with Gasteiger partial charge in [-0.2, -0.15) is 0 Å². The van der Waals surface area contributed by atoms with E-state index in [1.165, 1.54) is 56.6 Å². The van der Waals surface area contributed by atoms with Crippen molar-refractivity contribution in [3.8, 4) is 5.75 Å². The van der Waals surface area contributed by atoms with Gasteiger partial charge >= 0.3 is 18.0 Å². The van der Waals surface area contributed by atoms with E-state index in [1.54, 1.807) is 46.8 Å². The van der Waals surface area contributed by atoms with Crippen LogP contribution in [0.1, 0.15) is 110 Å². The molecule has 1 heterocycles. The molecule has 0 aromatic heterocycles. The number of nitrogens with one attached hydrogen (secondary N) is 2. The normalized spacial score (nSPS) is 16.5. The van der Waals surface area contributed by atoms with Gasteiger partial charge in [0.2, 0.25) is 18.1 Å². The lowest BCUT2D eigenvalue weighted by molar-refractivity contribution is -0.195. The molecule has 3 rings (SSSR count). The van der Waals surface area contributed by atoms with E-state index in [0.717, 1.165) is 4.90 Å². The second-order valence-corrected chi connectivity index (χ2v) is 18.0. The summed E-state index contributed by atoms with van der Waals surface area (Å²) in [5.41, 5.74) is -0.820. The summed E-state index contributed by atoms with van der Waals surface area (Å²) in [6, 6.07) is 11.1. The molecule has 1 fully saturated rings. The Hall–Kier alpha value is -6.09. The van der Waals surface area contributed by atoms with Gasteiger partial charge in [-0.1, -0.05) is 111 Å². The number of likely N-dealkylation sites (N-methyl/N-ethyl adjacent to an activating group) is 2. The summed E-state index contributed by atoms with van der Waals surface area (Å²) >= 11 is 0. The molecule has 2 aromatic carbocycles. The molecule has 398 valence electrons. The van der Waals surface area contributed by atoms with E-state index in [-0.39, 0.29) is 82.5 Å². The highest BCUT2D eigenvalue weighted by Gasteiger charge is 2.45. The number of aliphatic carboxylic acids is 2. The molecule has 1 aliphatic heterocycles. The Balaban J connectivity index is 0.00000484. The van der Waals surface area contributed by atoms with Crippen LogP contribution in [0, 0.1) is 5.41 Å². The largest absolute Gasteiger partial charge is 0.479 e. The number of hydrogen-bond acceptors (Lipinski definition) is 14. The van der Waals surface area contributed by atoms with Crippen molar-refractivity contribution in [3.05, 3.63) is 76.9 Å². The molecule has 5 unspecified atom stereocenters. The van der Waals surface area contributed by atoms with E-state index >= 15 is 0 Å². The fourth-order valence-electron chi connectivity index (χ4n) is 6.91. The van der Waals surface area contributed by atoms with Gasteiger partial charge in [-0.25, -0.2) is 14.4 Å². The Morgan fingerprint density at radius 3 is 2.10 bits per heavy atom. The standard InChI is InChI=1S/C46H65N5O15.C3H8.C2H6/c1-29(42(56)57)17-19-50(8)41(55)37(45(2,3)4)49-40(54)38(46(5,6)31-13-11-10-12-14-31)51(9)44(60)63-28-30-15-16-34(65-36-27-32(52)26-35(66-36)43(58)59)33(25-30)39(53)48-18-20-61-21-22-62-23-24-64-47-7;1-3-2;1-2/h10-17,25,32,35-38,52H,7,18-24,26-28H2,1-6,8-9H3,(H,48,53)(H,49,54)(H,56,57)(H,58,59);3H2,1-2H3;1-2H3/b29-17+;;. The third-order valence-electron chi connectivity index (χ3n) is 10.7. The van der Waals surface area contributed by atoms with Crippen molar-refractivity contribution in [2.24, 2.45) is 10.6 Å². The molecule has 0 spiro atoms. The summed E-state index contributed by atoms with van der Waals surface area (Å²) in [7, 11) is 2.90. The average molecular weight is 1000 g/mol. The molecule has 1 aliphatic rings. The number of benzene rings is 2. The predicted octanol–water partition coefficient (Wildman–Crippen LogP) is 5.79. The Morgan fingerprint density at radius 1 is 0.915 bits per heavy atom. The van der Waals surface area contributed by atoms with E-state index in [0.29, 0.717) is 11.1 Å². The Kier molecular flexibility index (Phi) is 28.4. The SMILES string of the molecule is C=NOCCOCCOCCNC(=O)c1cc(COC(=O)N(C)C(C(=O)NC(C(=O)N(C)C/C=C(\C)C(=O)O)C(C)(C)C)C(C)(C)c2ccccc2)ccc1OC1CC(O)CC(C(=O)O)O1.CC.CCC. The highest BCUT2D eigenvalue weighted by molar-refractivity contribution is 5.97. The molecule has 4 amide bonds. The third-order valence-corrected chi connectivity index (χ3v) is 10.7. The lowest BCUT2D eigenvalue weighted by atomic mass is 9.76. The van der Waals surface area contributed by atoms with Crippen LogP contribution < -0.4 is 15.4 Å². The van der Waals surface area contributed by atoms with Gasteiger partial charge in [0.1, 0.15) is 31.0 Å². The lowest BCUT2D eigenvalue weighted by Crippen LogP contribution is -2.62. The number of nitrogens with zero attached hydrogens (tertiary/aromatic N) is 3. The summed E-state index contributed by atoms with van der Waals surface area (Å²) < 4.78 is 28.1. The minimum atomic E-state index is -1.34. The van der Waals surface area contributed by atoms with Gasteiger partial charge in [-0.05, 0) is 35.6 Å². The zero-order chi connectivity index (χ0) is 53.9. The predicted molar refractivity (Wildman–Crippen MR) is 267 cm³/mol. The molecule has 20 nitrogen and oxygen atoms in total. The summed E-state index contributed by atoms with van der Waals surface area (Å²) in [5, 5.41) is 38.1. The second-order valence-electron chi connectivity index (χ2n) is 18.0. The first kappa shape index (κ1) is 62.9. The first-order valence-corrected chi connectivity index (χ1v) is 23.8. The van der Waals surface area contributed by atoms with E-state index in [4.69, 9.17) is 28.5 Å². The second kappa shape index (κ2) is 32.0. The molecule has 2 aromatic rings. The average Bonchev–Trinajstić information content (AvgIpc) is 3.32. The number of carboxylic acids is 2.